The molecule has 0 saturated carbocycles. The molecule has 0 spiro atoms. The molecule has 2 heterocycles. The molecule has 0 aromatic carbocycles. The van der Waals surface area contributed by atoms with Crippen LogP contribution in [0.15, 0.2) is 30.6 Å². The third-order valence-electron chi connectivity index (χ3n) is 3.29. The van der Waals surface area contributed by atoms with Gasteiger partial charge in [0.2, 0.25) is 0 Å². The minimum atomic E-state index is -0.889. The molecule has 9 nitrogen and oxygen atoms in total. The van der Waals surface area contributed by atoms with Gasteiger partial charge in [-0.3, -0.25) is 10.1 Å². The number of alkyl carbamates (subject to hydrolysis) is 1. The quantitative estimate of drug-likeness (QED) is 0.782. The number of ether oxygens (including phenoxy) is 2. The molecule has 1 N–H and O–H groups in total. The Morgan fingerprint density at radius 3 is 2.62 bits per heavy atom. The van der Waals surface area contributed by atoms with Crippen LogP contribution in [0.5, 0.6) is 0 Å². The number of nitrogens with zero attached hydrogens (tertiary/aromatic N) is 3. The van der Waals surface area contributed by atoms with Gasteiger partial charge in [-0.25, -0.2) is 19.3 Å². The van der Waals surface area contributed by atoms with Crippen LogP contribution >= 0.6 is 0 Å². The molecule has 26 heavy (non-hydrogen) atoms. The lowest BCUT2D eigenvalue weighted by Gasteiger charge is -2.12. The summed E-state index contributed by atoms with van der Waals surface area (Å²) in [4.78, 5) is 39.3. The van der Waals surface area contributed by atoms with Crippen molar-refractivity contribution in [2.45, 2.75) is 26.7 Å². The maximum Gasteiger partial charge on any atom is 0.413 e. The fourth-order valence-corrected chi connectivity index (χ4v) is 2.26. The molecule has 0 unspecified atom stereocenters. The number of hydrogen-bond acceptors (Lipinski definition) is 7. The van der Waals surface area contributed by atoms with Crippen LogP contribution < -0.4 is 5.32 Å². The van der Waals surface area contributed by atoms with Crippen LogP contribution in [0.25, 0.3) is 5.82 Å². The van der Waals surface area contributed by atoms with Crippen molar-refractivity contribution in [1.82, 2.24) is 20.1 Å². The molecule has 9 heteroatoms. The Bertz CT molecular complexity index is 786. The lowest BCUT2D eigenvalue weighted by atomic mass is 10.1. The summed E-state index contributed by atoms with van der Waals surface area (Å²) in [6.45, 7) is 4.94. The van der Waals surface area contributed by atoms with E-state index in [4.69, 9.17) is 4.74 Å². The molecule has 0 radical (unpaired) electrons. The molecule has 0 fully saturated rings. The second-order valence-corrected chi connectivity index (χ2v) is 5.54. The van der Waals surface area contributed by atoms with Gasteiger partial charge >= 0.3 is 12.1 Å². The summed E-state index contributed by atoms with van der Waals surface area (Å²) in [5, 5.41) is 6.16. The predicted octanol–water partition coefficient (Wildman–Crippen LogP) is 1.82. The largest absolute Gasteiger partial charge is 0.452 e. The summed E-state index contributed by atoms with van der Waals surface area (Å²) in [6.07, 6.45) is 2.11. The van der Waals surface area contributed by atoms with Crippen molar-refractivity contribution in [3.63, 3.8) is 0 Å². The van der Waals surface area contributed by atoms with Crippen molar-refractivity contribution in [3.05, 3.63) is 41.9 Å². The van der Waals surface area contributed by atoms with Gasteiger partial charge in [-0.05, 0) is 25.0 Å². The first kappa shape index (κ1) is 19.1. The van der Waals surface area contributed by atoms with Gasteiger partial charge in [0, 0.05) is 6.20 Å². The number of aromatic nitrogens is 3. The van der Waals surface area contributed by atoms with Gasteiger partial charge in [-0.15, -0.1) is 0 Å². The molecule has 0 saturated heterocycles. The van der Waals surface area contributed by atoms with Gasteiger partial charge in [0.1, 0.15) is 5.56 Å². The topological polar surface area (TPSA) is 112 Å². The molecule has 2 aromatic heterocycles. The average molecular weight is 360 g/mol. The van der Waals surface area contributed by atoms with Crippen molar-refractivity contribution < 1.29 is 23.9 Å². The van der Waals surface area contributed by atoms with Crippen molar-refractivity contribution in [1.29, 1.82) is 0 Å². The van der Waals surface area contributed by atoms with E-state index in [1.165, 1.54) is 6.20 Å². The van der Waals surface area contributed by atoms with Crippen LogP contribution in [0.1, 0.15) is 42.7 Å². The fraction of sp³-hybridized carbons (Fsp3) is 0.353. The van der Waals surface area contributed by atoms with Crippen molar-refractivity contribution in [3.8, 4) is 5.82 Å². The van der Waals surface area contributed by atoms with Gasteiger partial charge in [-0.1, -0.05) is 19.9 Å². The summed E-state index contributed by atoms with van der Waals surface area (Å²) in [5.74, 6) is -0.972. The maximum absolute atomic E-state index is 12.3. The van der Waals surface area contributed by atoms with E-state index in [1.54, 1.807) is 29.9 Å². The molecule has 2 amide bonds. The van der Waals surface area contributed by atoms with E-state index in [0.717, 1.165) is 0 Å². The Balaban J connectivity index is 2.11. The lowest BCUT2D eigenvalue weighted by Crippen LogP contribution is -2.34. The van der Waals surface area contributed by atoms with Crippen molar-refractivity contribution >= 4 is 18.0 Å². The van der Waals surface area contributed by atoms with Gasteiger partial charge in [0.15, 0.2) is 12.4 Å². The predicted molar refractivity (Wildman–Crippen MR) is 90.9 cm³/mol. The summed E-state index contributed by atoms with van der Waals surface area (Å²) < 4.78 is 11.1. The smallest absolute Gasteiger partial charge is 0.413 e. The molecule has 0 aliphatic heterocycles. The van der Waals surface area contributed by atoms with E-state index >= 15 is 0 Å². The monoisotopic (exact) mass is 360 g/mol. The number of carbonyl (C=O) groups is 3. The summed E-state index contributed by atoms with van der Waals surface area (Å²) in [6, 6.07) is 5.35. The zero-order valence-corrected chi connectivity index (χ0v) is 14.8. The minimum Gasteiger partial charge on any atom is -0.452 e. The molecule has 2 rings (SSSR count). The van der Waals surface area contributed by atoms with E-state index in [1.807, 2.05) is 25.2 Å². The molecule has 0 aliphatic carbocycles. The first-order chi connectivity index (χ1) is 12.4. The second-order valence-electron chi connectivity index (χ2n) is 5.54. The Hall–Kier alpha value is -3.23. The van der Waals surface area contributed by atoms with E-state index in [2.05, 4.69) is 14.8 Å². The standard InChI is InChI=1S/C17H20N4O5/c1-4-25-17(24)20-14(22)10-26-16(23)12-9-19-21(15(12)11(2)3)13-7-5-6-8-18-13/h5-9,11H,4,10H2,1-3H3,(H,20,22,24). The van der Waals surface area contributed by atoms with Crippen molar-refractivity contribution in [2.24, 2.45) is 0 Å². The number of imide groups is 1. The van der Waals surface area contributed by atoms with Crippen molar-refractivity contribution in [2.75, 3.05) is 13.2 Å². The highest BCUT2D eigenvalue weighted by Crippen LogP contribution is 2.22. The van der Waals surface area contributed by atoms with Crippen LogP contribution in [0.2, 0.25) is 0 Å². The zero-order chi connectivity index (χ0) is 19.1. The minimum absolute atomic E-state index is 0.0459. The number of esters is 1. The van der Waals surface area contributed by atoms with Crippen LogP contribution in [0.4, 0.5) is 4.79 Å². The fourth-order valence-electron chi connectivity index (χ4n) is 2.26. The van der Waals surface area contributed by atoms with E-state index in [0.29, 0.717) is 11.5 Å². The number of carbonyl (C=O) groups excluding carboxylic acids is 3. The SMILES string of the molecule is CCOC(=O)NC(=O)COC(=O)c1cnn(-c2ccccn2)c1C(C)C. The Labute approximate surface area is 150 Å². The molecular weight excluding hydrogens is 340 g/mol. The van der Waals surface area contributed by atoms with Crippen LogP contribution in [-0.4, -0.2) is 45.9 Å². The van der Waals surface area contributed by atoms with Crippen LogP contribution in [-0.2, 0) is 14.3 Å². The van der Waals surface area contributed by atoms with E-state index < -0.39 is 24.6 Å². The number of rotatable bonds is 6. The first-order valence-corrected chi connectivity index (χ1v) is 8.07. The highest BCUT2D eigenvalue weighted by Gasteiger charge is 2.23. The first-order valence-electron chi connectivity index (χ1n) is 8.07. The highest BCUT2D eigenvalue weighted by molar-refractivity contribution is 5.95. The number of hydrogen-bond donors (Lipinski definition) is 1. The van der Waals surface area contributed by atoms with E-state index in [9.17, 15) is 14.4 Å². The number of nitrogens with one attached hydrogen (secondary N) is 1. The van der Waals surface area contributed by atoms with E-state index in [-0.39, 0.29) is 18.1 Å². The number of pyridine rings is 1. The number of amides is 2. The summed E-state index contributed by atoms with van der Waals surface area (Å²) in [7, 11) is 0. The Morgan fingerprint density at radius 1 is 1.23 bits per heavy atom. The molecule has 2 aromatic rings. The summed E-state index contributed by atoms with van der Waals surface area (Å²) >= 11 is 0. The molecule has 0 aliphatic rings. The van der Waals surface area contributed by atoms with Gasteiger partial charge in [-0.2, -0.15) is 5.10 Å². The Kier molecular flexibility index (Phi) is 6.42. The molecule has 0 bridgehead atoms. The van der Waals surface area contributed by atoms with Crippen LogP contribution in [0, 0.1) is 0 Å². The lowest BCUT2D eigenvalue weighted by molar-refractivity contribution is -0.123. The maximum atomic E-state index is 12.3. The zero-order valence-electron chi connectivity index (χ0n) is 14.8. The van der Waals surface area contributed by atoms with Gasteiger partial charge in [0.25, 0.3) is 5.91 Å². The van der Waals surface area contributed by atoms with Gasteiger partial charge < -0.3 is 9.47 Å². The molecule has 138 valence electrons. The normalized spacial score (nSPS) is 10.5. The van der Waals surface area contributed by atoms with Crippen LogP contribution in [0.3, 0.4) is 0 Å². The molecular formula is C17H20N4O5. The Morgan fingerprint density at radius 2 is 2.00 bits per heavy atom. The van der Waals surface area contributed by atoms with Gasteiger partial charge in [0.05, 0.1) is 18.5 Å². The second kappa shape index (κ2) is 8.75. The summed E-state index contributed by atoms with van der Waals surface area (Å²) in [5.41, 5.74) is 0.842. The third kappa shape index (κ3) is 4.65. The third-order valence-corrected chi connectivity index (χ3v) is 3.29. The molecule has 0 atom stereocenters. The highest BCUT2D eigenvalue weighted by atomic mass is 16.6. The average Bonchev–Trinajstić information content (AvgIpc) is 3.06.